The van der Waals surface area contributed by atoms with Gasteiger partial charge in [0.25, 0.3) is 0 Å². The van der Waals surface area contributed by atoms with Gasteiger partial charge in [-0.15, -0.1) is 0 Å². The Hall–Kier alpha value is -2.89. The van der Waals surface area contributed by atoms with Crippen molar-refractivity contribution in [3.05, 3.63) is 0 Å². The van der Waals surface area contributed by atoms with E-state index in [9.17, 15) is 73.6 Å². The lowest BCUT2D eigenvalue weighted by Crippen LogP contribution is -2.71. The lowest BCUT2D eigenvalue weighted by molar-refractivity contribution is -0.361. The Balaban J connectivity index is 1.64. The van der Waals surface area contributed by atoms with Crippen LogP contribution in [0.25, 0.3) is 0 Å². The minimum atomic E-state index is -5.14. The average Bonchev–Trinajstić information content (AvgIpc) is 3.19. The quantitative estimate of drug-likeness (QED) is 0.0602. The predicted molar refractivity (Wildman–Crippen MR) is 195 cm³/mol. The molecule has 20 atom stereocenters. The zero-order valence-electron chi connectivity index (χ0n) is 33.7. The summed E-state index contributed by atoms with van der Waals surface area (Å²) in [7, 11) is -5.14. The number of nitrogens with one attached hydrogen (secondary N) is 4. The van der Waals surface area contributed by atoms with Crippen LogP contribution in [0.4, 0.5) is 0 Å². The van der Waals surface area contributed by atoms with Gasteiger partial charge in [-0.2, -0.15) is 8.42 Å². The number of ether oxygens (including phenoxy) is 7. The molecule has 4 saturated heterocycles. The van der Waals surface area contributed by atoms with Gasteiger partial charge in [0.05, 0.1) is 26.4 Å². The van der Waals surface area contributed by atoms with Crippen LogP contribution in [0.3, 0.4) is 0 Å². The fraction of sp³-hybridized carbons (Fsp3) is 0.879. The maximum Gasteiger partial charge on any atom is 0.397 e. The largest absolute Gasteiger partial charge is 0.397 e. The number of hydrogen-bond donors (Lipinski definition) is 14. The van der Waals surface area contributed by atoms with E-state index in [2.05, 4.69) is 25.5 Å². The standard InChI is InChI=1S/C33H56N4O24S/c1-5-17(44)37-19-23(46)22(45)13(6-38)56-31(19)59-27-14(7-39)57-32(20(25(27)48)35-11(3)42)60-28-15(8-40)58-33(21(26(28)49)36-12(4)43)61-29-16(9-54-62(51,52)53)55-30(50)18(24(29)47)34-10(2)41/h13-16,18-33,38-40,45-50H,5-9H2,1-4H3,(H,34,41)(H,35,42)(H,36,43)(H,37,44)(H,51,52,53)/t13-,14-,15-,16-,18-,19-,20-,21-,22-,23-,24?,25?,26-,27-,28-,29-,30-,31+,32+,33+/m1/s1. The molecule has 4 heterocycles. The van der Waals surface area contributed by atoms with Crippen molar-refractivity contribution in [1.29, 1.82) is 0 Å². The summed E-state index contributed by atoms with van der Waals surface area (Å²) in [6, 6.07) is -6.55. The van der Waals surface area contributed by atoms with Crippen LogP contribution in [-0.2, 0) is 66.9 Å². The third-order valence-electron chi connectivity index (χ3n) is 10.3. The summed E-state index contributed by atoms with van der Waals surface area (Å²) in [5.41, 5.74) is 0. The number of carbonyl (C=O) groups is 4. The molecule has 4 rings (SSSR count). The maximum absolute atomic E-state index is 12.5. The van der Waals surface area contributed by atoms with Crippen molar-refractivity contribution < 1.29 is 115 Å². The molecule has 4 fully saturated rings. The first-order valence-corrected chi connectivity index (χ1v) is 20.6. The highest BCUT2D eigenvalue weighted by molar-refractivity contribution is 7.80. The van der Waals surface area contributed by atoms with Crippen LogP contribution in [0.5, 0.6) is 0 Å². The van der Waals surface area contributed by atoms with Crippen molar-refractivity contribution in [2.24, 2.45) is 0 Å². The molecule has 4 aliphatic heterocycles. The minimum Gasteiger partial charge on any atom is -0.394 e. The van der Waals surface area contributed by atoms with Crippen LogP contribution < -0.4 is 21.3 Å². The summed E-state index contributed by atoms with van der Waals surface area (Å²) >= 11 is 0. The van der Waals surface area contributed by atoms with Crippen molar-refractivity contribution in [2.45, 2.75) is 157 Å². The van der Waals surface area contributed by atoms with Crippen molar-refractivity contribution in [3.63, 3.8) is 0 Å². The molecular formula is C33H56N4O24S. The molecule has 0 aromatic rings. The molecule has 0 aliphatic carbocycles. The van der Waals surface area contributed by atoms with Crippen LogP contribution in [0, 0.1) is 0 Å². The van der Waals surface area contributed by atoms with E-state index in [1.54, 1.807) is 0 Å². The van der Waals surface area contributed by atoms with Gasteiger partial charge in [0.2, 0.25) is 23.6 Å². The summed E-state index contributed by atoms with van der Waals surface area (Å²) in [4.78, 5) is 49.1. The smallest absolute Gasteiger partial charge is 0.394 e. The molecule has 14 N–H and O–H groups in total. The Labute approximate surface area is 353 Å². The van der Waals surface area contributed by atoms with E-state index in [0.717, 1.165) is 20.8 Å². The van der Waals surface area contributed by atoms with E-state index in [1.165, 1.54) is 6.92 Å². The zero-order chi connectivity index (χ0) is 46.4. The fourth-order valence-electron chi connectivity index (χ4n) is 7.36. The molecular weight excluding hydrogens is 868 g/mol. The SMILES string of the molecule is CCC(=O)N[C@H]1[C@H](O[C@H]2C(O)[C@@H](NC(C)=O)[C@H](O[C@H]3[C@H](O)[C@@H](NC(C)=O)[C@H](O[C@H]4C(O)[C@@H](NC(C)=O)[C@H](O)O[C@@H]4COS(=O)(=O)O)O[C@@H]3CO)O[C@@H]2CO)O[C@H](CO)[C@@H](O)[C@@H]1O. The van der Waals surface area contributed by atoms with E-state index in [-0.39, 0.29) is 6.42 Å². The van der Waals surface area contributed by atoms with E-state index in [4.69, 9.17) is 37.7 Å². The monoisotopic (exact) mass is 924 g/mol. The second kappa shape index (κ2) is 22.3. The van der Waals surface area contributed by atoms with Gasteiger partial charge in [-0.1, -0.05) is 6.92 Å². The predicted octanol–water partition coefficient (Wildman–Crippen LogP) is -8.96. The van der Waals surface area contributed by atoms with Gasteiger partial charge < -0.3 is 100 Å². The van der Waals surface area contributed by atoms with Crippen molar-refractivity contribution in [1.82, 2.24) is 21.3 Å². The highest BCUT2D eigenvalue weighted by Gasteiger charge is 2.56. The number of aliphatic hydroxyl groups excluding tert-OH is 9. The first kappa shape index (κ1) is 51.7. The third-order valence-corrected chi connectivity index (χ3v) is 10.7. The summed E-state index contributed by atoms with van der Waals surface area (Å²) in [5.74, 6) is -3.01. The molecule has 2 unspecified atom stereocenters. The molecule has 62 heavy (non-hydrogen) atoms. The van der Waals surface area contributed by atoms with Gasteiger partial charge >= 0.3 is 10.4 Å². The molecule has 0 aromatic heterocycles. The molecule has 29 heteroatoms. The summed E-state index contributed by atoms with van der Waals surface area (Å²) in [6.45, 7) is 0.672. The van der Waals surface area contributed by atoms with Crippen LogP contribution in [0.2, 0.25) is 0 Å². The van der Waals surface area contributed by atoms with Gasteiger partial charge in [0, 0.05) is 27.2 Å². The lowest BCUT2D eigenvalue weighted by atomic mass is 9.93. The number of aliphatic hydroxyl groups is 9. The van der Waals surface area contributed by atoms with Gasteiger partial charge in [-0.3, -0.25) is 23.7 Å². The topological polar surface area (TPSA) is 427 Å². The zero-order valence-corrected chi connectivity index (χ0v) is 34.5. The molecule has 0 bridgehead atoms. The lowest BCUT2D eigenvalue weighted by Gasteiger charge is -2.51. The Morgan fingerprint density at radius 3 is 1.29 bits per heavy atom. The number of rotatable bonds is 17. The second-order valence-electron chi connectivity index (χ2n) is 14.8. The van der Waals surface area contributed by atoms with E-state index in [1.807, 2.05) is 0 Å². The van der Waals surface area contributed by atoms with E-state index >= 15 is 0 Å². The first-order chi connectivity index (χ1) is 29.0. The Morgan fingerprint density at radius 1 is 0.532 bits per heavy atom. The van der Waals surface area contributed by atoms with Crippen LogP contribution in [0.15, 0.2) is 0 Å². The van der Waals surface area contributed by atoms with Crippen molar-refractivity contribution >= 4 is 34.0 Å². The average molecular weight is 925 g/mol. The van der Waals surface area contributed by atoms with E-state index < -0.39 is 183 Å². The molecule has 358 valence electrons. The number of hydrogen-bond acceptors (Lipinski definition) is 23. The Kier molecular flexibility index (Phi) is 18.6. The maximum atomic E-state index is 12.5. The number of carbonyl (C=O) groups excluding carboxylic acids is 4. The van der Waals surface area contributed by atoms with Gasteiger partial charge in [0.1, 0.15) is 97.4 Å². The Morgan fingerprint density at radius 2 is 0.903 bits per heavy atom. The van der Waals surface area contributed by atoms with Crippen LogP contribution >= 0.6 is 0 Å². The van der Waals surface area contributed by atoms with E-state index in [0.29, 0.717) is 0 Å². The van der Waals surface area contributed by atoms with Crippen molar-refractivity contribution in [2.75, 3.05) is 26.4 Å². The summed E-state index contributed by atoms with van der Waals surface area (Å²) < 4.78 is 76.9. The number of amides is 4. The van der Waals surface area contributed by atoms with Crippen LogP contribution in [0.1, 0.15) is 34.1 Å². The molecule has 0 aromatic carbocycles. The molecule has 0 spiro atoms. The molecule has 0 saturated carbocycles. The van der Waals surface area contributed by atoms with Crippen molar-refractivity contribution in [3.8, 4) is 0 Å². The van der Waals surface area contributed by atoms with Gasteiger partial charge in [-0.05, 0) is 0 Å². The fourth-order valence-corrected chi connectivity index (χ4v) is 7.67. The highest BCUT2D eigenvalue weighted by atomic mass is 32.3. The molecule has 0 radical (unpaired) electrons. The summed E-state index contributed by atoms with van der Waals surface area (Å²) in [6.07, 6.45) is -28.9. The van der Waals surface area contributed by atoms with Gasteiger partial charge in [-0.25, -0.2) is 4.18 Å². The molecule has 28 nitrogen and oxygen atoms in total. The molecule has 4 aliphatic rings. The first-order valence-electron chi connectivity index (χ1n) is 19.3. The summed E-state index contributed by atoms with van der Waals surface area (Å²) in [5, 5.41) is 107. The normalized spacial score (nSPS) is 41.5. The Bertz CT molecular complexity index is 1630. The minimum absolute atomic E-state index is 0.0819. The van der Waals surface area contributed by atoms with Gasteiger partial charge in [0.15, 0.2) is 25.2 Å². The third kappa shape index (κ3) is 12.7. The van der Waals surface area contributed by atoms with Crippen LogP contribution in [-0.4, -0.2) is 232 Å². The molecule has 4 amide bonds. The second-order valence-corrected chi connectivity index (χ2v) is 15.9. The highest BCUT2D eigenvalue weighted by Crippen LogP contribution is 2.34.